The zero-order chi connectivity index (χ0) is 16.7. The van der Waals surface area contributed by atoms with Crippen LogP contribution in [0, 0.1) is 6.92 Å². The van der Waals surface area contributed by atoms with Gasteiger partial charge in [-0.2, -0.15) is 0 Å². The van der Waals surface area contributed by atoms with Crippen LogP contribution in [0.25, 0.3) is 0 Å². The maximum atomic E-state index is 12.6. The highest BCUT2D eigenvalue weighted by molar-refractivity contribution is 5.99. The quantitative estimate of drug-likeness (QED) is 0.840. The summed E-state index contributed by atoms with van der Waals surface area (Å²) < 4.78 is 9.66. The van der Waals surface area contributed by atoms with E-state index in [-0.39, 0.29) is 18.4 Å². The lowest BCUT2D eigenvalue weighted by Crippen LogP contribution is -2.40. The minimum atomic E-state index is -0.351. The van der Waals surface area contributed by atoms with Crippen LogP contribution in [0.2, 0.25) is 0 Å². The highest BCUT2D eigenvalue weighted by Gasteiger charge is 2.19. The number of benzene rings is 1. The van der Waals surface area contributed by atoms with E-state index in [9.17, 15) is 9.59 Å². The molecule has 1 N–H and O–H groups in total. The number of aromatic nitrogens is 1. The number of carbonyl (C=O) groups is 2. The van der Waals surface area contributed by atoms with E-state index in [1.807, 2.05) is 19.1 Å². The van der Waals surface area contributed by atoms with Crippen LogP contribution < -0.4 is 5.32 Å². The molecule has 0 aliphatic rings. The molecule has 122 valence electrons. The van der Waals surface area contributed by atoms with Crippen LogP contribution in [-0.4, -0.2) is 48.7 Å². The number of carbonyl (C=O) groups excluding carboxylic acids is 2. The first kappa shape index (κ1) is 16.7. The normalized spacial score (nSPS) is 10.3. The van der Waals surface area contributed by atoms with Gasteiger partial charge in [-0.25, -0.2) is 0 Å². The first-order valence-electron chi connectivity index (χ1n) is 7.15. The fourth-order valence-corrected chi connectivity index (χ4v) is 1.97. The molecule has 0 aliphatic carbocycles. The number of methoxy groups -OCH3 is 1. The van der Waals surface area contributed by atoms with Crippen molar-refractivity contribution in [2.45, 2.75) is 6.92 Å². The minimum Gasteiger partial charge on any atom is -0.383 e. The van der Waals surface area contributed by atoms with Crippen molar-refractivity contribution in [3.05, 3.63) is 47.7 Å². The second kappa shape index (κ2) is 8.09. The lowest BCUT2D eigenvalue weighted by Gasteiger charge is -2.21. The van der Waals surface area contributed by atoms with Gasteiger partial charge in [0.2, 0.25) is 5.91 Å². The Morgan fingerprint density at radius 2 is 2.00 bits per heavy atom. The maximum Gasteiger partial charge on any atom is 0.254 e. The Balaban J connectivity index is 2.04. The van der Waals surface area contributed by atoms with Gasteiger partial charge in [-0.3, -0.25) is 9.59 Å². The van der Waals surface area contributed by atoms with Gasteiger partial charge >= 0.3 is 0 Å². The van der Waals surface area contributed by atoms with Crippen molar-refractivity contribution >= 4 is 17.6 Å². The Morgan fingerprint density at radius 3 is 2.61 bits per heavy atom. The van der Waals surface area contributed by atoms with Crippen molar-refractivity contribution in [3.63, 3.8) is 0 Å². The Kier molecular flexibility index (Phi) is 5.87. The number of nitrogens with one attached hydrogen (secondary N) is 1. The Bertz CT molecular complexity index is 638. The fourth-order valence-electron chi connectivity index (χ4n) is 1.97. The summed E-state index contributed by atoms with van der Waals surface area (Å²) >= 11 is 0. The molecule has 0 radical (unpaired) electrons. The zero-order valence-corrected chi connectivity index (χ0v) is 13.1. The number of hydrogen-bond donors (Lipinski definition) is 1. The van der Waals surface area contributed by atoms with E-state index in [0.717, 1.165) is 5.56 Å². The predicted octanol–water partition coefficient (Wildman–Crippen LogP) is 1.71. The smallest absolute Gasteiger partial charge is 0.254 e. The van der Waals surface area contributed by atoms with Crippen LogP contribution >= 0.6 is 0 Å². The largest absolute Gasteiger partial charge is 0.383 e. The van der Waals surface area contributed by atoms with Gasteiger partial charge in [-0.05, 0) is 19.1 Å². The van der Waals surface area contributed by atoms with Crippen LogP contribution in [-0.2, 0) is 9.53 Å². The fraction of sp³-hybridized carbons (Fsp3) is 0.312. The van der Waals surface area contributed by atoms with Crippen molar-refractivity contribution in [1.82, 2.24) is 10.1 Å². The van der Waals surface area contributed by atoms with E-state index in [1.54, 1.807) is 19.2 Å². The molecule has 7 heteroatoms. The van der Waals surface area contributed by atoms with Crippen LogP contribution in [0.1, 0.15) is 15.9 Å². The molecule has 0 saturated heterocycles. The molecule has 2 amide bonds. The summed E-state index contributed by atoms with van der Waals surface area (Å²) in [6, 6.07) is 8.73. The second-order valence-electron chi connectivity index (χ2n) is 5.02. The van der Waals surface area contributed by atoms with E-state index in [2.05, 4.69) is 15.0 Å². The first-order chi connectivity index (χ1) is 11.1. The van der Waals surface area contributed by atoms with Gasteiger partial charge in [-0.1, -0.05) is 22.9 Å². The van der Waals surface area contributed by atoms with E-state index < -0.39 is 0 Å². The molecule has 1 aromatic carbocycles. The minimum absolute atomic E-state index is 0.0943. The van der Waals surface area contributed by atoms with Gasteiger partial charge < -0.3 is 19.5 Å². The molecule has 23 heavy (non-hydrogen) atoms. The number of nitrogens with zero attached hydrogens (tertiary/aromatic N) is 2. The Hall–Kier alpha value is -2.67. The average Bonchev–Trinajstić information content (AvgIpc) is 3.04. The molecule has 7 nitrogen and oxygen atoms in total. The zero-order valence-electron chi connectivity index (χ0n) is 13.1. The van der Waals surface area contributed by atoms with Crippen molar-refractivity contribution in [3.8, 4) is 0 Å². The van der Waals surface area contributed by atoms with Crippen LogP contribution in [0.4, 0.5) is 5.82 Å². The summed E-state index contributed by atoms with van der Waals surface area (Å²) in [5.41, 5.74) is 1.59. The summed E-state index contributed by atoms with van der Waals surface area (Å²) in [6.07, 6.45) is 1.36. The average molecular weight is 317 g/mol. The third-order valence-corrected chi connectivity index (χ3v) is 3.19. The van der Waals surface area contributed by atoms with Crippen LogP contribution in [0.15, 0.2) is 41.1 Å². The molecule has 0 fully saturated rings. The maximum absolute atomic E-state index is 12.6. The van der Waals surface area contributed by atoms with Gasteiger partial charge in [-0.15, -0.1) is 0 Å². The lowest BCUT2D eigenvalue weighted by atomic mass is 10.1. The molecule has 0 saturated carbocycles. The lowest BCUT2D eigenvalue weighted by molar-refractivity contribution is -0.117. The first-order valence-corrected chi connectivity index (χ1v) is 7.15. The summed E-state index contributed by atoms with van der Waals surface area (Å²) in [7, 11) is 1.55. The molecule has 1 heterocycles. The van der Waals surface area contributed by atoms with Gasteiger partial charge in [0.1, 0.15) is 12.8 Å². The highest BCUT2D eigenvalue weighted by Crippen LogP contribution is 2.08. The van der Waals surface area contributed by atoms with E-state index in [4.69, 9.17) is 4.74 Å². The molecule has 2 aromatic rings. The Labute approximate surface area is 134 Å². The number of rotatable bonds is 7. The number of amides is 2. The second-order valence-corrected chi connectivity index (χ2v) is 5.02. The molecule has 0 bridgehead atoms. The van der Waals surface area contributed by atoms with E-state index >= 15 is 0 Å². The summed E-state index contributed by atoms with van der Waals surface area (Å²) in [4.78, 5) is 26.0. The predicted molar refractivity (Wildman–Crippen MR) is 84.1 cm³/mol. The van der Waals surface area contributed by atoms with Crippen molar-refractivity contribution in [2.24, 2.45) is 0 Å². The van der Waals surface area contributed by atoms with Crippen LogP contribution in [0.3, 0.4) is 0 Å². The highest BCUT2D eigenvalue weighted by atomic mass is 16.5. The Morgan fingerprint density at radius 1 is 1.26 bits per heavy atom. The number of anilines is 1. The van der Waals surface area contributed by atoms with Gasteiger partial charge in [0.15, 0.2) is 5.82 Å². The number of hydrogen-bond acceptors (Lipinski definition) is 5. The van der Waals surface area contributed by atoms with E-state index in [1.165, 1.54) is 17.2 Å². The molecular weight excluding hydrogens is 298 g/mol. The number of aryl methyl sites for hydroxylation is 1. The molecule has 0 unspecified atom stereocenters. The standard InChI is InChI=1S/C16H19N3O4/c1-12-3-5-13(6-4-12)16(21)19(8-10-22-2)11-15(20)17-14-7-9-23-18-14/h3-7,9H,8,10-11H2,1-2H3,(H,17,18,20). The molecule has 0 aliphatic heterocycles. The van der Waals surface area contributed by atoms with Crippen molar-refractivity contribution in [1.29, 1.82) is 0 Å². The van der Waals surface area contributed by atoms with Crippen molar-refractivity contribution < 1.29 is 18.8 Å². The van der Waals surface area contributed by atoms with Gasteiger partial charge in [0.05, 0.1) is 6.61 Å². The SMILES string of the molecule is COCCN(CC(=O)Nc1ccon1)C(=O)c1ccc(C)cc1. The van der Waals surface area contributed by atoms with Gasteiger partial charge in [0, 0.05) is 25.3 Å². The molecule has 1 aromatic heterocycles. The van der Waals surface area contributed by atoms with Crippen molar-refractivity contribution in [2.75, 3.05) is 32.1 Å². The van der Waals surface area contributed by atoms with E-state index in [0.29, 0.717) is 24.5 Å². The van der Waals surface area contributed by atoms with Gasteiger partial charge in [0.25, 0.3) is 5.91 Å². The summed E-state index contributed by atoms with van der Waals surface area (Å²) in [6.45, 7) is 2.51. The molecule has 0 atom stereocenters. The third-order valence-electron chi connectivity index (χ3n) is 3.19. The number of ether oxygens (including phenoxy) is 1. The molecular formula is C16H19N3O4. The topological polar surface area (TPSA) is 84.7 Å². The summed E-state index contributed by atoms with van der Waals surface area (Å²) in [5.74, 6) is -0.266. The monoisotopic (exact) mass is 317 g/mol. The van der Waals surface area contributed by atoms with Crippen LogP contribution in [0.5, 0.6) is 0 Å². The third kappa shape index (κ3) is 4.93. The summed E-state index contributed by atoms with van der Waals surface area (Å²) in [5, 5.41) is 6.17. The molecule has 2 rings (SSSR count). The molecule has 0 spiro atoms.